The van der Waals surface area contributed by atoms with E-state index in [1.807, 2.05) is 6.26 Å². The van der Waals surface area contributed by atoms with Crippen LogP contribution in [-0.2, 0) is 19.2 Å². The quantitative estimate of drug-likeness (QED) is 0.0751. The number of nitrogens with two attached hydrogens (primary N) is 3. The first-order valence-corrected chi connectivity index (χ1v) is 12.5. The average Bonchev–Trinajstić information content (AvgIpc) is 3.27. The molecule has 0 aromatic rings. The van der Waals surface area contributed by atoms with Crippen molar-refractivity contribution >= 4 is 41.4 Å². The summed E-state index contributed by atoms with van der Waals surface area (Å²) >= 11 is 1.47. The van der Waals surface area contributed by atoms with Gasteiger partial charge in [0.15, 0.2) is 5.96 Å². The third kappa shape index (κ3) is 9.35. The molecule has 10 N–H and O–H groups in total. The van der Waals surface area contributed by atoms with Crippen LogP contribution in [0.15, 0.2) is 4.99 Å². The van der Waals surface area contributed by atoms with Gasteiger partial charge in [-0.25, -0.2) is 4.79 Å². The standard InChI is InChI=1S/C20H37N7O6S/c1-11(28)15(21)17(30)25-12(7-10-34-2)16(29)26-13(5-3-8-24-20(22)23)18(31)27-9-4-6-14(27)19(32)33/h11-15,28H,3-10,21H2,1-2H3,(H,25,30)(H,26,29)(H,32,33)(H4,22,23,24). The van der Waals surface area contributed by atoms with E-state index in [9.17, 15) is 29.4 Å². The summed E-state index contributed by atoms with van der Waals surface area (Å²) in [6.45, 7) is 1.85. The molecule has 3 amide bonds. The van der Waals surface area contributed by atoms with Crippen molar-refractivity contribution in [2.24, 2.45) is 22.2 Å². The third-order valence-corrected chi connectivity index (χ3v) is 6.09. The molecule has 0 aliphatic carbocycles. The van der Waals surface area contributed by atoms with Crippen LogP contribution in [0.1, 0.15) is 39.0 Å². The first-order chi connectivity index (χ1) is 16.0. The molecule has 194 valence electrons. The van der Waals surface area contributed by atoms with Crippen molar-refractivity contribution in [3.8, 4) is 0 Å². The van der Waals surface area contributed by atoms with E-state index in [1.54, 1.807) is 0 Å². The van der Waals surface area contributed by atoms with Crippen LogP contribution in [0.5, 0.6) is 0 Å². The van der Waals surface area contributed by atoms with Crippen molar-refractivity contribution in [3.05, 3.63) is 0 Å². The number of amides is 3. The maximum Gasteiger partial charge on any atom is 0.326 e. The average molecular weight is 504 g/mol. The van der Waals surface area contributed by atoms with Gasteiger partial charge in [-0.15, -0.1) is 0 Å². The normalized spacial score (nSPS) is 18.9. The molecule has 1 aliphatic rings. The minimum atomic E-state index is -1.22. The molecule has 0 saturated carbocycles. The number of nitrogens with one attached hydrogen (secondary N) is 2. The number of carboxylic acids is 1. The Morgan fingerprint density at radius 1 is 1.15 bits per heavy atom. The van der Waals surface area contributed by atoms with Gasteiger partial charge in [0.2, 0.25) is 17.7 Å². The summed E-state index contributed by atoms with van der Waals surface area (Å²) in [5.74, 6) is -2.48. The second-order valence-electron chi connectivity index (χ2n) is 8.15. The van der Waals surface area contributed by atoms with Gasteiger partial charge in [-0.3, -0.25) is 19.4 Å². The van der Waals surface area contributed by atoms with Gasteiger partial charge in [-0.2, -0.15) is 11.8 Å². The third-order valence-electron chi connectivity index (χ3n) is 5.45. The van der Waals surface area contributed by atoms with Crippen LogP contribution in [0.3, 0.4) is 0 Å². The van der Waals surface area contributed by atoms with Crippen molar-refractivity contribution in [3.63, 3.8) is 0 Å². The van der Waals surface area contributed by atoms with Crippen LogP contribution in [0.4, 0.5) is 0 Å². The fourth-order valence-electron chi connectivity index (χ4n) is 3.51. The predicted molar refractivity (Wildman–Crippen MR) is 129 cm³/mol. The molecule has 13 nitrogen and oxygen atoms in total. The Morgan fingerprint density at radius 2 is 1.79 bits per heavy atom. The van der Waals surface area contributed by atoms with Crippen LogP contribution in [0.25, 0.3) is 0 Å². The number of carbonyl (C=O) groups excluding carboxylic acids is 3. The number of rotatable bonds is 14. The molecule has 1 fully saturated rings. The molecule has 5 unspecified atom stereocenters. The molecule has 14 heteroatoms. The highest BCUT2D eigenvalue weighted by Crippen LogP contribution is 2.20. The summed E-state index contributed by atoms with van der Waals surface area (Å²) in [5, 5.41) is 24.2. The summed E-state index contributed by atoms with van der Waals surface area (Å²) < 4.78 is 0. The van der Waals surface area contributed by atoms with Crippen LogP contribution in [-0.4, -0.2) is 100 Å². The van der Waals surface area contributed by atoms with Gasteiger partial charge in [0.1, 0.15) is 24.2 Å². The number of guanidine groups is 1. The lowest BCUT2D eigenvalue weighted by molar-refractivity contribution is -0.149. The molecular formula is C20H37N7O6S. The van der Waals surface area contributed by atoms with E-state index < -0.39 is 54.0 Å². The number of aliphatic carboxylic acids is 1. The van der Waals surface area contributed by atoms with Gasteiger partial charge in [0.05, 0.1) is 6.10 Å². The molecule has 5 atom stereocenters. The van der Waals surface area contributed by atoms with Gasteiger partial charge in [-0.05, 0) is 51.0 Å². The van der Waals surface area contributed by atoms with Crippen molar-refractivity contribution in [1.29, 1.82) is 0 Å². The number of aliphatic imine (C=N–C) groups is 1. The molecule has 0 bridgehead atoms. The van der Waals surface area contributed by atoms with Crippen molar-refractivity contribution in [2.45, 2.75) is 69.3 Å². The van der Waals surface area contributed by atoms with Crippen LogP contribution < -0.4 is 27.8 Å². The summed E-state index contributed by atoms with van der Waals surface area (Å²) in [6, 6.07) is -4.20. The van der Waals surface area contributed by atoms with E-state index in [4.69, 9.17) is 17.2 Å². The zero-order valence-corrected chi connectivity index (χ0v) is 20.4. The summed E-state index contributed by atoms with van der Waals surface area (Å²) in [7, 11) is 0. The van der Waals surface area contributed by atoms with Crippen molar-refractivity contribution in [2.75, 3.05) is 25.1 Å². The minimum Gasteiger partial charge on any atom is -0.480 e. The first-order valence-electron chi connectivity index (χ1n) is 11.1. The zero-order valence-electron chi connectivity index (χ0n) is 19.6. The molecule has 1 aliphatic heterocycles. The smallest absolute Gasteiger partial charge is 0.326 e. The maximum absolute atomic E-state index is 13.2. The second-order valence-corrected chi connectivity index (χ2v) is 9.13. The highest BCUT2D eigenvalue weighted by molar-refractivity contribution is 7.98. The molecule has 0 radical (unpaired) electrons. The number of likely N-dealkylation sites (tertiary alicyclic amines) is 1. The van der Waals surface area contributed by atoms with Crippen LogP contribution >= 0.6 is 11.8 Å². The number of nitrogens with zero attached hydrogens (tertiary/aromatic N) is 2. The Labute approximate surface area is 203 Å². The molecule has 0 aromatic heterocycles. The number of hydrogen-bond acceptors (Lipinski definition) is 8. The first kappa shape index (κ1) is 29.5. The second kappa shape index (κ2) is 14.6. The van der Waals surface area contributed by atoms with Gasteiger partial charge < -0.3 is 42.9 Å². The maximum atomic E-state index is 13.2. The van der Waals surface area contributed by atoms with Crippen molar-refractivity contribution in [1.82, 2.24) is 15.5 Å². The largest absolute Gasteiger partial charge is 0.480 e. The molecule has 1 saturated heterocycles. The number of hydrogen-bond donors (Lipinski definition) is 7. The van der Waals surface area contributed by atoms with E-state index >= 15 is 0 Å². The van der Waals surface area contributed by atoms with Crippen LogP contribution in [0.2, 0.25) is 0 Å². The van der Waals surface area contributed by atoms with Gasteiger partial charge in [-0.1, -0.05) is 0 Å². The lowest BCUT2D eigenvalue weighted by Crippen LogP contribution is -2.58. The number of thioether (sulfide) groups is 1. The zero-order chi connectivity index (χ0) is 25.8. The molecule has 1 rings (SSSR count). The fraction of sp³-hybridized carbons (Fsp3) is 0.750. The molecule has 34 heavy (non-hydrogen) atoms. The van der Waals surface area contributed by atoms with E-state index in [0.29, 0.717) is 25.0 Å². The van der Waals surface area contributed by atoms with Crippen molar-refractivity contribution < 1.29 is 29.4 Å². The Morgan fingerprint density at radius 3 is 2.35 bits per heavy atom. The van der Waals surface area contributed by atoms with E-state index in [-0.39, 0.29) is 31.9 Å². The van der Waals surface area contributed by atoms with E-state index in [0.717, 1.165) is 0 Å². The van der Waals surface area contributed by atoms with Gasteiger partial charge >= 0.3 is 5.97 Å². The predicted octanol–water partition coefficient (Wildman–Crippen LogP) is -2.45. The number of aliphatic hydroxyl groups excluding tert-OH is 1. The molecule has 1 heterocycles. The number of carboxylic acid groups (broad SMARTS) is 1. The Balaban J connectivity index is 3.02. The molecular weight excluding hydrogens is 466 g/mol. The lowest BCUT2D eigenvalue weighted by atomic mass is 10.1. The summed E-state index contributed by atoms with van der Waals surface area (Å²) in [5.41, 5.74) is 16.3. The topological polar surface area (TPSA) is 226 Å². The van der Waals surface area contributed by atoms with Gasteiger partial charge in [0.25, 0.3) is 0 Å². The Kier molecular flexibility index (Phi) is 12.7. The highest BCUT2D eigenvalue weighted by atomic mass is 32.2. The minimum absolute atomic E-state index is 0.105. The molecule has 0 aromatic carbocycles. The highest BCUT2D eigenvalue weighted by Gasteiger charge is 2.38. The fourth-order valence-corrected chi connectivity index (χ4v) is 3.98. The number of aliphatic hydroxyl groups is 1. The van der Waals surface area contributed by atoms with Gasteiger partial charge in [0, 0.05) is 13.1 Å². The summed E-state index contributed by atoms with van der Waals surface area (Å²) in [4.78, 5) is 55.3. The molecule has 0 spiro atoms. The van der Waals surface area contributed by atoms with E-state index in [1.165, 1.54) is 23.6 Å². The summed E-state index contributed by atoms with van der Waals surface area (Å²) in [6.07, 6.45) is 2.39. The SMILES string of the molecule is CSCCC(NC(=O)C(N)C(C)O)C(=O)NC(CCCN=C(N)N)C(=O)N1CCCC1C(=O)O. The lowest BCUT2D eigenvalue weighted by Gasteiger charge is -2.29. The Hall–Kier alpha value is -2.58. The van der Waals surface area contributed by atoms with Crippen LogP contribution in [0, 0.1) is 0 Å². The van der Waals surface area contributed by atoms with E-state index in [2.05, 4.69) is 15.6 Å². The monoisotopic (exact) mass is 503 g/mol. The number of carbonyl (C=O) groups is 4. The Bertz CT molecular complexity index is 747.